The van der Waals surface area contributed by atoms with E-state index < -0.39 is 0 Å². The monoisotopic (exact) mass is 196 g/mol. The molecule has 0 aliphatic carbocycles. The van der Waals surface area contributed by atoms with E-state index in [9.17, 15) is 0 Å². The van der Waals surface area contributed by atoms with Crippen molar-refractivity contribution in [3.63, 3.8) is 0 Å². The fourth-order valence-electron chi connectivity index (χ4n) is 3.39. The Morgan fingerprint density at radius 1 is 1.50 bits per heavy atom. The summed E-state index contributed by atoms with van der Waals surface area (Å²) in [5.74, 6) is 0.862. The third-order valence-corrected chi connectivity index (χ3v) is 3.91. The summed E-state index contributed by atoms with van der Waals surface area (Å²) in [6.07, 6.45) is 5.55. The van der Waals surface area contributed by atoms with Gasteiger partial charge in [0.1, 0.15) is 0 Å². The van der Waals surface area contributed by atoms with Gasteiger partial charge in [-0.1, -0.05) is 13.8 Å². The second-order valence-corrected chi connectivity index (χ2v) is 5.26. The number of piperidine rings is 1. The highest BCUT2D eigenvalue weighted by atomic mass is 15.2. The molecule has 82 valence electrons. The van der Waals surface area contributed by atoms with Crippen LogP contribution in [0.5, 0.6) is 0 Å². The molecule has 0 saturated carbocycles. The van der Waals surface area contributed by atoms with Gasteiger partial charge in [0.25, 0.3) is 0 Å². The van der Waals surface area contributed by atoms with Gasteiger partial charge in [-0.25, -0.2) is 0 Å². The van der Waals surface area contributed by atoms with Crippen LogP contribution in [0.3, 0.4) is 0 Å². The van der Waals surface area contributed by atoms with Gasteiger partial charge in [0, 0.05) is 12.1 Å². The Morgan fingerprint density at radius 2 is 2.36 bits per heavy atom. The first kappa shape index (κ1) is 10.4. The van der Waals surface area contributed by atoms with E-state index in [2.05, 4.69) is 24.1 Å². The third kappa shape index (κ3) is 1.82. The summed E-state index contributed by atoms with van der Waals surface area (Å²) in [5.41, 5.74) is 0.535. The highest BCUT2D eigenvalue weighted by molar-refractivity contribution is 5.00. The van der Waals surface area contributed by atoms with Gasteiger partial charge in [0.05, 0.1) is 0 Å². The summed E-state index contributed by atoms with van der Waals surface area (Å²) in [6.45, 7) is 9.78. The maximum Gasteiger partial charge on any atom is 0.0337 e. The molecule has 2 unspecified atom stereocenters. The van der Waals surface area contributed by atoms with E-state index in [0.29, 0.717) is 5.54 Å². The van der Waals surface area contributed by atoms with E-state index in [1.54, 1.807) is 0 Å². The molecule has 0 aromatic carbocycles. The molecule has 2 fully saturated rings. The van der Waals surface area contributed by atoms with Crippen molar-refractivity contribution in [2.75, 3.05) is 26.2 Å². The summed E-state index contributed by atoms with van der Waals surface area (Å²) in [7, 11) is 0. The summed E-state index contributed by atoms with van der Waals surface area (Å²) in [5, 5.41) is 3.61. The zero-order chi connectivity index (χ0) is 10.0. The molecule has 1 N–H and O–H groups in total. The van der Waals surface area contributed by atoms with E-state index in [-0.39, 0.29) is 0 Å². The van der Waals surface area contributed by atoms with E-state index in [1.165, 1.54) is 51.9 Å². The van der Waals surface area contributed by atoms with Crippen molar-refractivity contribution in [3.05, 3.63) is 0 Å². The molecule has 1 spiro atoms. The molecule has 2 aliphatic rings. The van der Waals surface area contributed by atoms with Crippen molar-refractivity contribution < 1.29 is 0 Å². The Labute approximate surface area is 88.1 Å². The normalized spacial score (nSPS) is 39.4. The fourth-order valence-corrected chi connectivity index (χ4v) is 3.39. The molecule has 2 atom stereocenters. The summed E-state index contributed by atoms with van der Waals surface area (Å²) < 4.78 is 0. The molecule has 0 radical (unpaired) electrons. The molecule has 2 heterocycles. The van der Waals surface area contributed by atoms with Crippen LogP contribution in [-0.2, 0) is 0 Å². The summed E-state index contributed by atoms with van der Waals surface area (Å²) in [6, 6.07) is 0. The maximum absolute atomic E-state index is 3.61. The first-order valence-electron chi connectivity index (χ1n) is 6.22. The molecule has 0 aromatic heterocycles. The van der Waals surface area contributed by atoms with Crippen molar-refractivity contribution in [3.8, 4) is 0 Å². The molecule has 2 heteroatoms. The lowest BCUT2D eigenvalue weighted by molar-refractivity contribution is 0.0843. The van der Waals surface area contributed by atoms with E-state index in [4.69, 9.17) is 0 Å². The topological polar surface area (TPSA) is 15.3 Å². The van der Waals surface area contributed by atoms with Crippen LogP contribution in [0.4, 0.5) is 0 Å². The smallest absolute Gasteiger partial charge is 0.0337 e. The molecular formula is C12H24N2. The Kier molecular flexibility index (Phi) is 3.13. The van der Waals surface area contributed by atoms with Gasteiger partial charge >= 0.3 is 0 Å². The van der Waals surface area contributed by atoms with Crippen LogP contribution in [0.2, 0.25) is 0 Å². The van der Waals surface area contributed by atoms with Crippen LogP contribution in [0, 0.1) is 5.92 Å². The second-order valence-electron chi connectivity index (χ2n) is 5.26. The van der Waals surface area contributed by atoms with Gasteiger partial charge in [-0.3, -0.25) is 4.90 Å². The molecule has 2 nitrogen and oxygen atoms in total. The van der Waals surface area contributed by atoms with Gasteiger partial charge in [0.2, 0.25) is 0 Å². The summed E-state index contributed by atoms with van der Waals surface area (Å²) >= 11 is 0. The quantitative estimate of drug-likeness (QED) is 0.725. The minimum Gasteiger partial charge on any atom is -0.315 e. The van der Waals surface area contributed by atoms with Crippen LogP contribution in [0.25, 0.3) is 0 Å². The number of nitrogens with zero attached hydrogens (tertiary/aromatic N) is 1. The molecule has 0 amide bonds. The Hall–Kier alpha value is -0.0800. The van der Waals surface area contributed by atoms with Crippen LogP contribution in [-0.4, -0.2) is 36.6 Å². The number of hydrogen-bond donors (Lipinski definition) is 1. The lowest BCUT2D eigenvalue weighted by Crippen LogP contribution is -2.56. The average Bonchev–Trinajstić information content (AvgIpc) is 2.50. The lowest BCUT2D eigenvalue weighted by Gasteiger charge is -2.44. The van der Waals surface area contributed by atoms with Gasteiger partial charge in [-0.2, -0.15) is 0 Å². The number of hydrogen-bond acceptors (Lipinski definition) is 2. The SMILES string of the molecule is CCCN1CCCC12CNCC(C)C2. The highest BCUT2D eigenvalue weighted by Crippen LogP contribution is 2.36. The molecule has 2 rings (SSSR count). The largest absolute Gasteiger partial charge is 0.315 e. The molecular weight excluding hydrogens is 172 g/mol. The van der Waals surface area contributed by atoms with Gasteiger partial charge in [-0.05, 0) is 51.2 Å². The van der Waals surface area contributed by atoms with E-state index in [1.807, 2.05) is 0 Å². The van der Waals surface area contributed by atoms with E-state index >= 15 is 0 Å². The Bertz CT molecular complexity index is 193. The lowest BCUT2D eigenvalue weighted by atomic mass is 9.82. The third-order valence-electron chi connectivity index (χ3n) is 3.91. The molecule has 2 aliphatic heterocycles. The number of nitrogens with one attached hydrogen (secondary N) is 1. The minimum absolute atomic E-state index is 0.535. The average molecular weight is 196 g/mol. The Balaban J connectivity index is 2.04. The van der Waals surface area contributed by atoms with Gasteiger partial charge in [0.15, 0.2) is 0 Å². The zero-order valence-corrected chi connectivity index (χ0v) is 9.68. The first-order chi connectivity index (χ1) is 6.77. The maximum atomic E-state index is 3.61. The van der Waals surface area contributed by atoms with E-state index in [0.717, 1.165) is 5.92 Å². The Morgan fingerprint density at radius 3 is 3.07 bits per heavy atom. The predicted octanol–water partition coefficient (Wildman–Crippen LogP) is 1.86. The number of rotatable bonds is 2. The minimum atomic E-state index is 0.535. The predicted molar refractivity (Wildman–Crippen MR) is 60.5 cm³/mol. The van der Waals surface area contributed by atoms with Gasteiger partial charge in [-0.15, -0.1) is 0 Å². The van der Waals surface area contributed by atoms with Crippen molar-refractivity contribution >= 4 is 0 Å². The van der Waals surface area contributed by atoms with Crippen molar-refractivity contribution in [1.82, 2.24) is 10.2 Å². The molecule has 14 heavy (non-hydrogen) atoms. The molecule has 0 aromatic rings. The summed E-state index contributed by atoms with van der Waals surface area (Å²) in [4.78, 5) is 2.75. The van der Waals surface area contributed by atoms with Crippen LogP contribution >= 0.6 is 0 Å². The van der Waals surface area contributed by atoms with Crippen molar-refractivity contribution in [2.45, 2.75) is 45.1 Å². The molecule has 2 saturated heterocycles. The van der Waals surface area contributed by atoms with Crippen LogP contribution in [0.15, 0.2) is 0 Å². The number of likely N-dealkylation sites (tertiary alicyclic amines) is 1. The standard InChI is InChI=1S/C12H24N2/c1-3-6-14-7-4-5-12(14)8-11(2)9-13-10-12/h11,13H,3-10H2,1-2H3. The first-order valence-corrected chi connectivity index (χ1v) is 6.22. The fraction of sp³-hybridized carbons (Fsp3) is 1.00. The molecule has 0 bridgehead atoms. The zero-order valence-electron chi connectivity index (χ0n) is 9.68. The highest BCUT2D eigenvalue weighted by Gasteiger charge is 2.42. The van der Waals surface area contributed by atoms with Crippen LogP contribution < -0.4 is 5.32 Å². The second kappa shape index (κ2) is 4.19. The van der Waals surface area contributed by atoms with Gasteiger partial charge < -0.3 is 5.32 Å². The van der Waals surface area contributed by atoms with Crippen molar-refractivity contribution in [1.29, 1.82) is 0 Å². The van der Waals surface area contributed by atoms with Crippen molar-refractivity contribution in [2.24, 2.45) is 5.92 Å². The van der Waals surface area contributed by atoms with Crippen LogP contribution in [0.1, 0.15) is 39.5 Å².